The maximum atomic E-state index is 12.8. The van der Waals surface area contributed by atoms with Crippen molar-refractivity contribution in [1.29, 1.82) is 0 Å². The average molecular weight is 424 g/mol. The van der Waals surface area contributed by atoms with Crippen molar-refractivity contribution in [2.75, 3.05) is 13.2 Å². The third-order valence-corrected chi connectivity index (χ3v) is 4.56. The molecule has 0 saturated carbocycles. The van der Waals surface area contributed by atoms with Gasteiger partial charge in [-0.05, 0) is 37.5 Å². The highest BCUT2D eigenvalue weighted by atomic mass is 19.4. The van der Waals surface area contributed by atoms with E-state index in [4.69, 9.17) is 14.6 Å². The largest absolute Gasteiger partial charge is 0.490 e. The van der Waals surface area contributed by atoms with Crippen molar-refractivity contribution in [3.63, 3.8) is 0 Å². The highest BCUT2D eigenvalue weighted by molar-refractivity contribution is 5.94. The maximum absolute atomic E-state index is 12.8. The fourth-order valence-corrected chi connectivity index (χ4v) is 3.24. The van der Waals surface area contributed by atoms with Crippen molar-refractivity contribution >= 4 is 11.9 Å². The molecule has 1 aromatic heterocycles. The monoisotopic (exact) mass is 424 g/mol. The molecule has 2 heterocycles. The minimum atomic E-state index is -5.08. The first-order valence-electron chi connectivity index (χ1n) is 9.40. The third kappa shape index (κ3) is 6.55. The van der Waals surface area contributed by atoms with Gasteiger partial charge in [-0.1, -0.05) is 30.3 Å². The van der Waals surface area contributed by atoms with E-state index in [0.717, 1.165) is 19.4 Å². The topological polar surface area (TPSA) is 79.7 Å². The number of hydrogen-bond donors (Lipinski definition) is 1. The van der Waals surface area contributed by atoms with Gasteiger partial charge in [0.1, 0.15) is 0 Å². The van der Waals surface area contributed by atoms with Gasteiger partial charge in [-0.2, -0.15) is 13.2 Å². The lowest BCUT2D eigenvalue weighted by Gasteiger charge is -2.28. The fourth-order valence-electron chi connectivity index (χ4n) is 3.24. The summed E-state index contributed by atoms with van der Waals surface area (Å²) in [7, 11) is 0. The van der Waals surface area contributed by atoms with Gasteiger partial charge < -0.3 is 14.7 Å². The van der Waals surface area contributed by atoms with Crippen molar-refractivity contribution in [3.05, 3.63) is 66.0 Å². The lowest BCUT2D eigenvalue weighted by molar-refractivity contribution is -0.192. The van der Waals surface area contributed by atoms with E-state index in [0.29, 0.717) is 12.2 Å². The first-order chi connectivity index (χ1) is 14.2. The van der Waals surface area contributed by atoms with Crippen LogP contribution in [-0.4, -0.2) is 58.3 Å². The van der Waals surface area contributed by atoms with E-state index < -0.39 is 12.1 Å². The van der Waals surface area contributed by atoms with Crippen molar-refractivity contribution < 1.29 is 32.6 Å². The van der Waals surface area contributed by atoms with E-state index in [1.807, 2.05) is 36.1 Å². The second-order valence-electron chi connectivity index (χ2n) is 6.58. The number of aliphatic carboxylic acids is 1. The Hall–Kier alpha value is -2.94. The Balaban J connectivity index is 0.000000396. The Bertz CT molecular complexity index is 816. The van der Waals surface area contributed by atoms with Gasteiger partial charge >= 0.3 is 12.1 Å². The van der Waals surface area contributed by atoms with Crippen molar-refractivity contribution in [3.8, 4) is 0 Å². The number of halogens is 3. The molecule has 1 amide bonds. The van der Waals surface area contributed by atoms with Gasteiger partial charge in [-0.3, -0.25) is 9.78 Å². The van der Waals surface area contributed by atoms with Crippen LogP contribution in [0.4, 0.5) is 13.2 Å². The number of carboxylic acids is 1. The molecule has 0 unspecified atom stereocenters. The molecule has 1 N–H and O–H groups in total. The van der Waals surface area contributed by atoms with Crippen LogP contribution in [0.15, 0.2) is 54.9 Å². The number of alkyl halides is 3. The van der Waals surface area contributed by atoms with Crippen LogP contribution in [0, 0.1) is 0 Å². The number of likely N-dealkylation sites (tertiary alicyclic amines) is 1. The molecule has 1 aromatic carbocycles. The first kappa shape index (κ1) is 23.3. The average Bonchev–Trinajstić information content (AvgIpc) is 3.11. The van der Waals surface area contributed by atoms with E-state index in [1.165, 1.54) is 5.56 Å². The number of ether oxygens (including phenoxy) is 1. The number of amides is 1. The van der Waals surface area contributed by atoms with Crippen LogP contribution >= 0.6 is 0 Å². The standard InChI is InChI=1S/C19H22N2O2.C2HF3O2/c1-2-23-18-10-12-21(19(22)16-9-6-11-20-14-16)17(18)13-15-7-4-3-5-8-15;3-2(4,5)1(6)7/h3-9,11,14,17-18H,2,10,12-13H2,1H3;(H,6,7)/t17-,18-;/m0./s1. The van der Waals surface area contributed by atoms with E-state index in [9.17, 15) is 18.0 Å². The molecule has 6 nitrogen and oxygen atoms in total. The second kappa shape index (κ2) is 10.7. The maximum Gasteiger partial charge on any atom is 0.490 e. The summed E-state index contributed by atoms with van der Waals surface area (Å²) in [6.45, 7) is 3.41. The summed E-state index contributed by atoms with van der Waals surface area (Å²) in [6, 6.07) is 14.0. The van der Waals surface area contributed by atoms with Gasteiger partial charge in [0, 0.05) is 25.5 Å². The Morgan fingerprint density at radius 2 is 1.87 bits per heavy atom. The first-order valence-corrected chi connectivity index (χ1v) is 9.40. The molecule has 1 aliphatic rings. The molecule has 1 saturated heterocycles. The van der Waals surface area contributed by atoms with Crippen molar-refractivity contribution in [2.45, 2.75) is 38.1 Å². The van der Waals surface area contributed by atoms with Gasteiger partial charge in [0.2, 0.25) is 0 Å². The van der Waals surface area contributed by atoms with Crippen molar-refractivity contribution in [1.82, 2.24) is 9.88 Å². The lowest BCUT2D eigenvalue weighted by Crippen LogP contribution is -2.42. The van der Waals surface area contributed by atoms with Crippen LogP contribution in [0.5, 0.6) is 0 Å². The molecule has 1 fully saturated rings. The van der Waals surface area contributed by atoms with Crippen LogP contribution in [-0.2, 0) is 16.0 Å². The van der Waals surface area contributed by atoms with E-state index in [1.54, 1.807) is 18.5 Å². The van der Waals surface area contributed by atoms with Gasteiger partial charge in [0.25, 0.3) is 5.91 Å². The number of carbonyl (C=O) groups excluding carboxylic acids is 1. The van der Waals surface area contributed by atoms with Gasteiger partial charge in [0.05, 0.1) is 17.7 Å². The summed E-state index contributed by atoms with van der Waals surface area (Å²) in [4.78, 5) is 27.7. The quantitative estimate of drug-likeness (QED) is 0.794. The van der Waals surface area contributed by atoms with Crippen LogP contribution in [0.2, 0.25) is 0 Å². The minimum Gasteiger partial charge on any atom is -0.475 e. The summed E-state index contributed by atoms with van der Waals surface area (Å²) in [5, 5.41) is 7.12. The van der Waals surface area contributed by atoms with Crippen LogP contribution < -0.4 is 0 Å². The SMILES string of the molecule is CCO[C@H]1CCN(C(=O)c2cccnc2)[C@H]1Cc1ccccc1.O=C(O)C(F)(F)F. The summed E-state index contributed by atoms with van der Waals surface area (Å²) < 4.78 is 37.6. The Labute approximate surface area is 172 Å². The lowest BCUT2D eigenvalue weighted by atomic mass is 10.0. The number of aromatic nitrogens is 1. The van der Waals surface area contributed by atoms with E-state index in [2.05, 4.69) is 17.1 Å². The molecule has 2 atom stereocenters. The zero-order valence-corrected chi connectivity index (χ0v) is 16.4. The second-order valence-corrected chi connectivity index (χ2v) is 6.58. The predicted octanol–water partition coefficient (Wildman–Crippen LogP) is 3.58. The fraction of sp³-hybridized carbons (Fsp3) is 0.381. The molecule has 0 radical (unpaired) electrons. The molecule has 9 heteroatoms. The predicted molar refractivity (Wildman–Crippen MR) is 103 cm³/mol. The molecule has 30 heavy (non-hydrogen) atoms. The molecule has 2 aromatic rings. The third-order valence-electron chi connectivity index (χ3n) is 4.56. The van der Waals surface area contributed by atoms with Crippen molar-refractivity contribution in [2.24, 2.45) is 0 Å². The molecule has 0 bridgehead atoms. The van der Waals surface area contributed by atoms with E-state index in [-0.39, 0.29) is 18.1 Å². The minimum absolute atomic E-state index is 0.0428. The summed E-state index contributed by atoms with van der Waals surface area (Å²) in [5.74, 6) is -2.71. The molecular formula is C21H23F3N2O4. The summed E-state index contributed by atoms with van der Waals surface area (Å²) in [5.41, 5.74) is 1.87. The molecule has 162 valence electrons. The number of benzene rings is 1. The van der Waals surface area contributed by atoms with Crippen LogP contribution in [0.1, 0.15) is 29.3 Å². The molecule has 0 spiro atoms. The summed E-state index contributed by atoms with van der Waals surface area (Å²) in [6.07, 6.45) is 0.0384. The Morgan fingerprint density at radius 3 is 2.40 bits per heavy atom. The number of hydrogen-bond acceptors (Lipinski definition) is 4. The number of rotatable bonds is 5. The van der Waals surface area contributed by atoms with E-state index >= 15 is 0 Å². The number of carboxylic acid groups (broad SMARTS) is 1. The highest BCUT2D eigenvalue weighted by Crippen LogP contribution is 2.26. The van der Waals surface area contributed by atoms with Gasteiger partial charge in [-0.25, -0.2) is 4.79 Å². The summed E-state index contributed by atoms with van der Waals surface area (Å²) >= 11 is 0. The number of carbonyl (C=O) groups is 2. The van der Waals surface area contributed by atoms with Gasteiger partial charge in [0.15, 0.2) is 0 Å². The zero-order valence-electron chi connectivity index (χ0n) is 16.4. The Morgan fingerprint density at radius 1 is 1.20 bits per heavy atom. The van der Waals surface area contributed by atoms with Crippen LogP contribution in [0.25, 0.3) is 0 Å². The number of pyridine rings is 1. The highest BCUT2D eigenvalue weighted by Gasteiger charge is 2.38. The van der Waals surface area contributed by atoms with Crippen LogP contribution in [0.3, 0.4) is 0 Å². The Kier molecular flexibility index (Phi) is 8.35. The zero-order chi connectivity index (χ0) is 22.1. The molecule has 1 aliphatic heterocycles. The number of nitrogens with zero attached hydrogens (tertiary/aromatic N) is 2. The molecular weight excluding hydrogens is 401 g/mol. The normalized spacial score (nSPS) is 18.5. The molecule has 0 aliphatic carbocycles. The smallest absolute Gasteiger partial charge is 0.475 e. The van der Waals surface area contributed by atoms with Gasteiger partial charge in [-0.15, -0.1) is 0 Å². The molecule has 3 rings (SSSR count).